The number of sulfone groups is 1. The van der Waals surface area contributed by atoms with Crippen LogP contribution >= 0.6 is 0 Å². The number of likely N-dealkylation sites (N-methyl/N-ethyl adjacent to an activating group) is 1. The number of hydrogen-bond donors (Lipinski definition) is 0. The second-order valence-corrected chi connectivity index (χ2v) is 13.3. The summed E-state index contributed by atoms with van der Waals surface area (Å²) in [7, 11) is -0.0677. The van der Waals surface area contributed by atoms with E-state index < -0.39 is 9.84 Å². The third-order valence-electron chi connectivity index (χ3n) is 8.76. The van der Waals surface area contributed by atoms with E-state index >= 15 is 0 Å². The standard InChI is InChI=1S/C32H38N2O4S/c1-22-4-10-28(11-5-22)38-29-20-26-6-7-27(21-29)34(26)25-8-12-30(13-9-25)39(35,36)32-19-24-15-17-33(2)16-14-23(24)18-31(32)37-3/h4-5,8-13,18-19,26-27,29H,6-7,14-17,20-21H2,1-3H3/t26-,27?,29?/m0/s1. The molecule has 2 fully saturated rings. The van der Waals surface area contributed by atoms with Crippen LogP contribution in [0.25, 0.3) is 0 Å². The molecule has 3 aliphatic rings. The van der Waals surface area contributed by atoms with Crippen molar-refractivity contribution in [3.8, 4) is 11.5 Å². The average Bonchev–Trinajstić information content (AvgIpc) is 3.08. The Morgan fingerprint density at radius 3 is 2.08 bits per heavy atom. The average molecular weight is 547 g/mol. The smallest absolute Gasteiger partial charge is 0.210 e. The summed E-state index contributed by atoms with van der Waals surface area (Å²) in [4.78, 5) is 5.34. The molecule has 3 aliphatic heterocycles. The minimum absolute atomic E-state index is 0.210. The Bertz CT molecular complexity index is 1420. The minimum Gasteiger partial charge on any atom is -0.495 e. The van der Waals surface area contributed by atoms with Gasteiger partial charge in [-0.3, -0.25) is 0 Å². The SMILES string of the molecule is COc1cc2c(cc1S(=O)(=O)c1ccc(N3C4CC[C@H]3CC(Oc3ccc(C)cc3)C4)cc1)CCN(C)CC2. The third kappa shape index (κ3) is 5.14. The van der Waals surface area contributed by atoms with Crippen LogP contribution in [0.3, 0.4) is 0 Å². The molecule has 0 spiro atoms. The van der Waals surface area contributed by atoms with E-state index in [0.717, 1.165) is 68.6 Å². The van der Waals surface area contributed by atoms with Crippen LogP contribution in [0, 0.1) is 6.92 Å². The largest absolute Gasteiger partial charge is 0.495 e. The number of aryl methyl sites for hydroxylation is 1. The first-order valence-corrected chi connectivity index (χ1v) is 15.6. The van der Waals surface area contributed by atoms with E-state index in [2.05, 4.69) is 48.0 Å². The molecule has 6 nitrogen and oxygen atoms in total. The van der Waals surface area contributed by atoms with Crippen molar-refractivity contribution in [2.24, 2.45) is 0 Å². The van der Waals surface area contributed by atoms with Crippen molar-refractivity contribution in [1.82, 2.24) is 4.90 Å². The van der Waals surface area contributed by atoms with Gasteiger partial charge in [0, 0.05) is 43.7 Å². The van der Waals surface area contributed by atoms with Crippen LogP contribution in [0.1, 0.15) is 42.4 Å². The van der Waals surface area contributed by atoms with Gasteiger partial charge in [0.15, 0.2) is 0 Å². The molecule has 2 unspecified atom stereocenters. The molecule has 39 heavy (non-hydrogen) atoms. The number of rotatable bonds is 6. The zero-order valence-corrected chi connectivity index (χ0v) is 23.9. The number of fused-ring (bicyclic) bond motifs is 3. The molecule has 0 radical (unpaired) electrons. The van der Waals surface area contributed by atoms with E-state index in [9.17, 15) is 8.42 Å². The highest BCUT2D eigenvalue weighted by molar-refractivity contribution is 7.91. The Balaban J connectivity index is 1.21. The number of ether oxygens (including phenoxy) is 2. The van der Waals surface area contributed by atoms with Gasteiger partial charge in [0.1, 0.15) is 22.5 Å². The first kappa shape index (κ1) is 26.2. The molecule has 3 heterocycles. The second kappa shape index (κ2) is 10.5. The van der Waals surface area contributed by atoms with E-state index in [1.54, 1.807) is 19.2 Å². The Kier molecular flexibility index (Phi) is 7.06. The minimum atomic E-state index is -3.72. The fraction of sp³-hybridized carbons (Fsp3) is 0.438. The van der Waals surface area contributed by atoms with E-state index in [1.807, 2.05) is 24.3 Å². The summed E-state index contributed by atoms with van der Waals surface area (Å²) in [5, 5.41) is 0. The number of hydrogen-bond acceptors (Lipinski definition) is 6. The first-order valence-electron chi connectivity index (χ1n) is 14.1. The van der Waals surface area contributed by atoms with Crippen LogP contribution < -0.4 is 14.4 Å². The lowest BCUT2D eigenvalue weighted by Crippen LogP contribution is -2.46. The lowest BCUT2D eigenvalue weighted by Gasteiger charge is -2.40. The monoisotopic (exact) mass is 546 g/mol. The number of anilines is 1. The molecule has 0 amide bonds. The van der Waals surface area contributed by atoms with Crippen LogP contribution in [0.2, 0.25) is 0 Å². The molecule has 0 aliphatic carbocycles. The Labute approximate surface area is 232 Å². The quantitative estimate of drug-likeness (QED) is 0.410. The fourth-order valence-corrected chi connectivity index (χ4v) is 8.04. The van der Waals surface area contributed by atoms with Gasteiger partial charge in [0.05, 0.1) is 12.0 Å². The Hall–Kier alpha value is -3.03. The molecule has 206 valence electrons. The highest BCUT2D eigenvalue weighted by Crippen LogP contribution is 2.41. The van der Waals surface area contributed by atoms with E-state index in [4.69, 9.17) is 9.47 Å². The maximum absolute atomic E-state index is 13.8. The van der Waals surface area contributed by atoms with Gasteiger partial charge in [-0.1, -0.05) is 17.7 Å². The lowest BCUT2D eigenvalue weighted by atomic mass is 9.98. The summed E-state index contributed by atoms with van der Waals surface area (Å²) in [5.41, 5.74) is 4.60. The predicted molar refractivity (Wildman–Crippen MR) is 154 cm³/mol. The Morgan fingerprint density at radius 1 is 0.846 bits per heavy atom. The van der Waals surface area contributed by atoms with E-state index in [0.29, 0.717) is 22.7 Å². The molecule has 0 N–H and O–H groups in total. The second-order valence-electron chi connectivity index (χ2n) is 11.4. The number of piperidine rings is 1. The van der Waals surface area contributed by atoms with Crippen LogP contribution in [-0.2, 0) is 22.7 Å². The Morgan fingerprint density at radius 2 is 1.46 bits per heavy atom. The van der Waals surface area contributed by atoms with Crippen LogP contribution in [0.5, 0.6) is 11.5 Å². The van der Waals surface area contributed by atoms with Gasteiger partial charge in [-0.2, -0.15) is 0 Å². The lowest BCUT2D eigenvalue weighted by molar-refractivity contribution is 0.150. The van der Waals surface area contributed by atoms with Crippen LogP contribution in [0.4, 0.5) is 5.69 Å². The number of nitrogens with zero attached hydrogens (tertiary/aromatic N) is 2. The maximum Gasteiger partial charge on any atom is 0.210 e. The summed E-state index contributed by atoms with van der Waals surface area (Å²) in [6, 6.07) is 20.4. The zero-order chi connectivity index (χ0) is 27.1. The molecule has 2 saturated heterocycles. The van der Waals surface area contributed by atoms with Crippen LogP contribution in [-0.4, -0.2) is 58.8 Å². The van der Waals surface area contributed by atoms with Crippen molar-refractivity contribution in [2.75, 3.05) is 32.1 Å². The molecule has 0 saturated carbocycles. The van der Waals surface area contributed by atoms with Gasteiger partial charge in [-0.25, -0.2) is 8.42 Å². The molecule has 0 aromatic heterocycles. The first-order chi connectivity index (χ1) is 18.8. The topological polar surface area (TPSA) is 59.1 Å². The van der Waals surface area contributed by atoms with Crippen molar-refractivity contribution < 1.29 is 17.9 Å². The van der Waals surface area contributed by atoms with Crippen LogP contribution in [0.15, 0.2) is 70.5 Å². The summed E-state index contributed by atoms with van der Waals surface area (Å²) in [6.07, 6.45) is 6.18. The van der Waals surface area contributed by atoms with Gasteiger partial charge < -0.3 is 19.3 Å². The van der Waals surface area contributed by atoms with Crippen molar-refractivity contribution in [3.63, 3.8) is 0 Å². The van der Waals surface area contributed by atoms with Gasteiger partial charge in [0.25, 0.3) is 0 Å². The van der Waals surface area contributed by atoms with Crippen molar-refractivity contribution in [3.05, 3.63) is 77.4 Å². The van der Waals surface area contributed by atoms with E-state index in [-0.39, 0.29) is 11.0 Å². The van der Waals surface area contributed by atoms with E-state index in [1.165, 1.54) is 11.1 Å². The number of benzene rings is 3. The highest BCUT2D eigenvalue weighted by Gasteiger charge is 2.41. The molecule has 3 atom stereocenters. The van der Waals surface area contributed by atoms with Gasteiger partial charge in [0.2, 0.25) is 9.84 Å². The molecular weight excluding hydrogens is 508 g/mol. The molecule has 3 aromatic rings. The molecule has 6 rings (SSSR count). The highest BCUT2D eigenvalue weighted by atomic mass is 32.2. The fourth-order valence-electron chi connectivity index (χ4n) is 6.59. The maximum atomic E-state index is 13.8. The summed E-state index contributed by atoms with van der Waals surface area (Å²) >= 11 is 0. The summed E-state index contributed by atoms with van der Waals surface area (Å²) in [6.45, 7) is 3.96. The normalized spacial score (nSPS) is 23.3. The zero-order valence-electron chi connectivity index (χ0n) is 23.1. The number of methoxy groups -OCH3 is 1. The van der Waals surface area contributed by atoms with Gasteiger partial charge >= 0.3 is 0 Å². The molecule has 2 bridgehead atoms. The van der Waals surface area contributed by atoms with Crippen molar-refractivity contribution in [1.29, 1.82) is 0 Å². The predicted octanol–water partition coefficient (Wildman–Crippen LogP) is 5.45. The van der Waals surface area contributed by atoms with Gasteiger partial charge in [-0.05, 0) is 99.3 Å². The third-order valence-corrected chi connectivity index (χ3v) is 10.6. The molecule has 7 heteroatoms. The van der Waals surface area contributed by atoms with Gasteiger partial charge in [-0.15, -0.1) is 0 Å². The summed E-state index contributed by atoms with van der Waals surface area (Å²) < 4.78 is 39.5. The van der Waals surface area contributed by atoms with Crippen molar-refractivity contribution >= 4 is 15.5 Å². The van der Waals surface area contributed by atoms with Crippen molar-refractivity contribution in [2.45, 2.75) is 73.4 Å². The molecule has 3 aromatic carbocycles. The summed E-state index contributed by atoms with van der Waals surface area (Å²) in [5.74, 6) is 1.37. The molecular formula is C32H38N2O4S.